The van der Waals surface area contributed by atoms with Gasteiger partial charge in [0.1, 0.15) is 5.69 Å². The van der Waals surface area contributed by atoms with Crippen molar-refractivity contribution in [1.29, 1.82) is 0 Å². The smallest absolute Gasteiger partial charge is 0.352 e. The Hall–Kier alpha value is -2.14. The zero-order valence-corrected chi connectivity index (χ0v) is 9.08. The summed E-state index contributed by atoms with van der Waals surface area (Å²) in [4.78, 5) is 14.9. The number of pyridine rings is 1. The second-order valence-electron chi connectivity index (χ2n) is 3.61. The van der Waals surface area contributed by atoms with E-state index in [2.05, 4.69) is 4.98 Å². The number of carbonyl (C=O) groups is 1. The predicted octanol–water partition coefficient (Wildman–Crippen LogP) is 1.12. The van der Waals surface area contributed by atoms with Crippen molar-refractivity contribution in [3.63, 3.8) is 0 Å². The van der Waals surface area contributed by atoms with Crippen LogP contribution in [0.25, 0.3) is 0 Å². The molecule has 0 saturated heterocycles. The molecule has 5 heteroatoms. The molecule has 0 aliphatic heterocycles. The molecule has 0 fully saturated rings. The van der Waals surface area contributed by atoms with Crippen LogP contribution < -0.4 is 0 Å². The molecule has 0 aliphatic carbocycles. The Balaban J connectivity index is 2.37. The zero-order valence-electron chi connectivity index (χ0n) is 9.08. The minimum atomic E-state index is -1.00. The minimum absolute atomic E-state index is 0.172. The molecule has 17 heavy (non-hydrogen) atoms. The monoisotopic (exact) mass is 232 g/mol. The summed E-state index contributed by atoms with van der Waals surface area (Å²) in [7, 11) is 0. The summed E-state index contributed by atoms with van der Waals surface area (Å²) in [6.07, 6.45) is 3.30. The molecular formula is C12H12N2O3. The molecule has 88 valence electrons. The molecule has 0 saturated carbocycles. The van der Waals surface area contributed by atoms with E-state index in [-0.39, 0.29) is 12.3 Å². The lowest BCUT2D eigenvalue weighted by Crippen LogP contribution is -2.12. The van der Waals surface area contributed by atoms with Gasteiger partial charge in [-0.05, 0) is 29.8 Å². The van der Waals surface area contributed by atoms with E-state index in [0.717, 1.165) is 5.56 Å². The number of hydrogen-bond donors (Lipinski definition) is 2. The van der Waals surface area contributed by atoms with Crippen LogP contribution in [-0.2, 0) is 13.2 Å². The van der Waals surface area contributed by atoms with E-state index in [9.17, 15) is 4.79 Å². The van der Waals surface area contributed by atoms with Crippen LogP contribution in [0.2, 0.25) is 0 Å². The second kappa shape index (κ2) is 4.80. The normalized spacial score (nSPS) is 10.4. The summed E-state index contributed by atoms with van der Waals surface area (Å²) in [5.74, 6) is -1.00. The lowest BCUT2D eigenvalue weighted by Gasteiger charge is -2.10. The SMILES string of the molecule is O=C(O)c1ccc(CO)n1Cc1ccncc1. The van der Waals surface area contributed by atoms with Gasteiger partial charge in [-0.2, -0.15) is 0 Å². The molecule has 0 aliphatic rings. The van der Waals surface area contributed by atoms with Crippen LogP contribution in [0.1, 0.15) is 21.7 Å². The van der Waals surface area contributed by atoms with Crippen molar-refractivity contribution in [1.82, 2.24) is 9.55 Å². The van der Waals surface area contributed by atoms with Crippen molar-refractivity contribution in [2.75, 3.05) is 0 Å². The number of hydrogen-bond acceptors (Lipinski definition) is 3. The maximum absolute atomic E-state index is 11.0. The number of aromatic nitrogens is 2. The van der Waals surface area contributed by atoms with E-state index in [1.165, 1.54) is 6.07 Å². The van der Waals surface area contributed by atoms with E-state index >= 15 is 0 Å². The van der Waals surface area contributed by atoms with Gasteiger partial charge in [0.15, 0.2) is 0 Å². The van der Waals surface area contributed by atoms with Gasteiger partial charge in [0, 0.05) is 24.6 Å². The predicted molar refractivity (Wildman–Crippen MR) is 60.7 cm³/mol. The number of aliphatic hydroxyl groups excluding tert-OH is 1. The highest BCUT2D eigenvalue weighted by molar-refractivity contribution is 5.86. The highest BCUT2D eigenvalue weighted by Gasteiger charge is 2.13. The first kappa shape index (κ1) is 11.3. The molecular weight excluding hydrogens is 220 g/mol. The summed E-state index contributed by atoms with van der Waals surface area (Å²) in [6, 6.07) is 6.74. The molecule has 0 spiro atoms. The summed E-state index contributed by atoms with van der Waals surface area (Å²) in [5, 5.41) is 18.2. The number of aromatic carboxylic acids is 1. The fraction of sp³-hybridized carbons (Fsp3) is 0.167. The Bertz CT molecular complexity index is 520. The Kier molecular flexibility index (Phi) is 3.20. The third-order valence-corrected chi connectivity index (χ3v) is 2.54. The third kappa shape index (κ3) is 2.34. The number of aliphatic hydroxyl groups is 1. The van der Waals surface area contributed by atoms with Gasteiger partial charge in [-0.15, -0.1) is 0 Å². The molecule has 2 rings (SSSR count). The van der Waals surface area contributed by atoms with E-state index < -0.39 is 5.97 Å². The quantitative estimate of drug-likeness (QED) is 0.828. The first-order chi connectivity index (χ1) is 8.22. The van der Waals surface area contributed by atoms with Gasteiger partial charge in [-0.1, -0.05) is 0 Å². The average Bonchev–Trinajstić information content (AvgIpc) is 2.73. The van der Waals surface area contributed by atoms with Crippen molar-refractivity contribution in [2.45, 2.75) is 13.2 Å². The van der Waals surface area contributed by atoms with Crippen molar-refractivity contribution < 1.29 is 15.0 Å². The Labute approximate surface area is 98.0 Å². The molecule has 0 aromatic carbocycles. The van der Waals surface area contributed by atoms with E-state index in [0.29, 0.717) is 12.2 Å². The van der Waals surface area contributed by atoms with Gasteiger partial charge in [0.25, 0.3) is 0 Å². The van der Waals surface area contributed by atoms with Crippen LogP contribution in [0.5, 0.6) is 0 Å². The Morgan fingerprint density at radius 1 is 1.24 bits per heavy atom. The molecule has 2 aromatic rings. The topological polar surface area (TPSA) is 75.3 Å². The molecule has 0 radical (unpaired) electrons. The number of carboxylic acid groups (broad SMARTS) is 1. The summed E-state index contributed by atoms with van der Waals surface area (Å²) in [5.41, 5.74) is 1.69. The fourth-order valence-corrected chi connectivity index (χ4v) is 1.69. The maximum Gasteiger partial charge on any atom is 0.352 e. The van der Waals surface area contributed by atoms with Crippen LogP contribution in [0.3, 0.4) is 0 Å². The molecule has 2 aromatic heterocycles. The Morgan fingerprint density at radius 3 is 2.53 bits per heavy atom. The lowest BCUT2D eigenvalue weighted by molar-refractivity contribution is 0.0685. The highest BCUT2D eigenvalue weighted by Crippen LogP contribution is 2.12. The fourth-order valence-electron chi connectivity index (χ4n) is 1.69. The molecule has 0 amide bonds. The van der Waals surface area contributed by atoms with Crippen LogP contribution in [0.4, 0.5) is 0 Å². The average molecular weight is 232 g/mol. The second-order valence-corrected chi connectivity index (χ2v) is 3.61. The number of rotatable bonds is 4. The Morgan fingerprint density at radius 2 is 1.94 bits per heavy atom. The van der Waals surface area contributed by atoms with Gasteiger partial charge in [-0.3, -0.25) is 4.98 Å². The lowest BCUT2D eigenvalue weighted by atomic mass is 10.2. The summed E-state index contributed by atoms with van der Waals surface area (Å²) in [6.45, 7) is 0.228. The van der Waals surface area contributed by atoms with Gasteiger partial charge in [0.2, 0.25) is 0 Å². The highest BCUT2D eigenvalue weighted by atomic mass is 16.4. The van der Waals surface area contributed by atoms with Crippen LogP contribution in [0.15, 0.2) is 36.7 Å². The van der Waals surface area contributed by atoms with Crippen molar-refractivity contribution >= 4 is 5.97 Å². The third-order valence-electron chi connectivity index (χ3n) is 2.54. The van der Waals surface area contributed by atoms with Crippen molar-refractivity contribution in [3.05, 3.63) is 53.6 Å². The number of nitrogens with zero attached hydrogens (tertiary/aromatic N) is 2. The summed E-state index contributed by atoms with van der Waals surface area (Å²) >= 11 is 0. The van der Waals surface area contributed by atoms with Gasteiger partial charge in [-0.25, -0.2) is 4.79 Å². The summed E-state index contributed by atoms with van der Waals surface area (Å²) < 4.78 is 1.58. The van der Waals surface area contributed by atoms with E-state index in [1.807, 2.05) is 12.1 Å². The van der Waals surface area contributed by atoms with E-state index in [1.54, 1.807) is 23.0 Å². The van der Waals surface area contributed by atoms with Crippen LogP contribution in [0, 0.1) is 0 Å². The largest absolute Gasteiger partial charge is 0.477 e. The molecule has 0 atom stereocenters. The van der Waals surface area contributed by atoms with Crippen LogP contribution in [-0.4, -0.2) is 25.7 Å². The molecule has 0 bridgehead atoms. The first-order valence-electron chi connectivity index (χ1n) is 5.14. The first-order valence-corrected chi connectivity index (χ1v) is 5.14. The minimum Gasteiger partial charge on any atom is -0.477 e. The van der Waals surface area contributed by atoms with Crippen molar-refractivity contribution in [2.24, 2.45) is 0 Å². The molecule has 2 N–H and O–H groups in total. The molecule has 0 unspecified atom stereocenters. The molecule has 5 nitrogen and oxygen atoms in total. The van der Waals surface area contributed by atoms with Gasteiger partial charge >= 0.3 is 5.97 Å². The van der Waals surface area contributed by atoms with Crippen LogP contribution >= 0.6 is 0 Å². The standard InChI is InChI=1S/C12H12N2O3/c15-8-10-1-2-11(12(16)17)14(10)7-9-3-5-13-6-4-9/h1-6,15H,7-8H2,(H,16,17). The maximum atomic E-state index is 11.0. The van der Waals surface area contributed by atoms with E-state index in [4.69, 9.17) is 10.2 Å². The zero-order chi connectivity index (χ0) is 12.3. The molecule has 2 heterocycles. The van der Waals surface area contributed by atoms with Gasteiger partial charge in [0.05, 0.1) is 6.61 Å². The number of carboxylic acids is 1. The van der Waals surface area contributed by atoms with Gasteiger partial charge < -0.3 is 14.8 Å². The van der Waals surface area contributed by atoms with Crippen molar-refractivity contribution in [3.8, 4) is 0 Å².